The van der Waals surface area contributed by atoms with Gasteiger partial charge in [0.2, 0.25) is 0 Å². The molecule has 4 N–H and O–H groups in total. The van der Waals surface area contributed by atoms with Crippen molar-refractivity contribution in [1.82, 2.24) is 15.0 Å². The van der Waals surface area contributed by atoms with E-state index in [4.69, 9.17) is 10.9 Å². The Morgan fingerprint density at radius 1 is 1.12 bits per heavy atom. The number of nitrogens with two attached hydrogens (primary N) is 1. The number of nitrogens with zero attached hydrogens (tertiary/aromatic N) is 3. The SMILES string of the molecule is NCc1nc(-c2ccc3c(c2)CCC3=NO)c(-c2ccncc2)[nH]1. The van der Waals surface area contributed by atoms with Crippen molar-refractivity contribution in [3.05, 3.63) is 59.7 Å². The summed E-state index contributed by atoms with van der Waals surface area (Å²) in [6, 6.07) is 10.0. The first kappa shape index (κ1) is 14.6. The van der Waals surface area contributed by atoms with Gasteiger partial charge in [0.25, 0.3) is 0 Å². The van der Waals surface area contributed by atoms with E-state index in [1.165, 1.54) is 5.56 Å². The van der Waals surface area contributed by atoms with Gasteiger partial charge in [-0.2, -0.15) is 0 Å². The van der Waals surface area contributed by atoms with Gasteiger partial charge in [-0.15, -0.1) is 0 Å². The van der Waals surface area contributed by atoms with Crippen molar-refractivity contribution in [2.45, 2.75) is 19.4 Å². The number of rotatable bonds is 3. The quantitative estimate of drug-likeness (QED) is 0.510. The average molecular weight is 319 g/mol. The number of pyridine rings is 1. The Bertz CT molecular complexity index is 914. The molecule has 0 bridgehead atoms. The first-order valence-corrected chi connectivity index (χ1v) is 7.84. The molecule has 1 aromatic carbocycles. The Kier molecular flexibility index (Phi) is 3.59. The Morgan fingerprint density at radius 3 is 2.71 bits per heavy atom. The van der Waals surface area contributed by atoms with E-state index in [-0.39, 0.29) is 0 Å². The van der Waals surface area contributed by atoms with Crippen molar-refractivity contribution in [1.29, 1.82) is 0 Å². The van der Waals surface area contributed by atoms with Gasteiger partial charge in [-0.1, -0.05) is 17.3 Å². The van der Waals surface area contributed by atoms with Crippen molar-refractivity contribution in [2.75, 3.05) is 0 Å². The molecule has 0 spiro atoms. The van der Waals surface area contributed by atoms with Crippen molar-refractivity contribution >= 4 is 5.71 Å². The predicted molar refractivity (Wildman–Crippen MR) is 91.8 cm³/mol. The number of nitrogens with one attached hydrogen (secondary N) is 1. The van der Waals surface area contributed by atoms with E-state index >= 15 is 0 Å². The molecular formula is C18H17N5O. The topological polar surface area (TPSA) is 100 Å². The first-order chi connectivity index (χ1) is 11.8. The number of benzene rings is 1. The van der Waals surface area contributed by atoms with Gasteiger partial charge in [0.15, 0.2) is 0 Å². The molecule has 6 nitrogen and oxygen atoms in total. The molecule has 6 heteroatoms. The fraction of sp³-hybridized carbons (Fsp3) is 0.167. The van der Waals surface area contributed by atoms with Crippen LogP contribution in [0, 0.1) is 0 Å². The molecule has 0 atom stereocenters. The minimum atomic E-state index is 0.352. The molecule has 0 radical (unpaired) electrons. The smallest absolute Gasteiger partial charge is 0.121 e. The summed E-state index contributed by atoms with van der Waals surface area (Å²) in [5.74, 6) is 0.745. The van der Waals surface area contributed by atoms with Gasteiger partial charge in [-0.05, 0) is 36.6 Å². The number of fused-ring (bicyclic) bond motifs is 1. The maximum atomic E-state index is 9.08. The maximum absolute atomic E-state index is 9.08. The van der Waals surface area contributed by atoms with Crippen molar-refractivity contribution in [3.63, 3.8) is 0 Å². The third-order valence-corrected chi connectivity index (χ3v) is 4.36. The van der Waals surface area contributed by atoms with Crippen LogP contribution in [0.5, 0.6) is 0 Å². The second-order valence-corrected chi connectivity index (χ2v) is 5.77. The third-order valence-electron chi connectivity index (χ3n) is 4.36. The Morgan fingerprint density at radius 2 is 1.96 bits per heavy atom. The van der Waals surface area contributed by atoms with Crippen LogP contribution in [-0.4, -0.2) is 25.9 Å². The van der Waals surface area contributed by atoms with Gasteiger partial charge in [-0.3, -0.25) is 4.98 Å². The molecule has 0 amide bonds. The highest BCUT2D eigenvalue weighted by atomic mass is 16.4. The number of H-pyrrole nitrogens is 1. The van der Waals surface area contributed by atoms with E-state index < -0.39 is 0 Å². The third kappa shape index (κ3) is 2.37. The van der Waals surface area contributed by atoms with E-state index in [0.717, 1.165) is 52.5 Å². The lowest BCUT2D eigenvalue weighted by Gasteiger charge is -2.06. The highest BCUT2D eigenvalue weighted by Gasteiger charge is 2.20. The van der Waals surface area contributed by atoms with E-state index in [1.54, 1.807) is 12.4 Å². The molecule has 0 fully saturated rings. The predicted octanol–water partition coefficient (Wildman–Crippen LogP) is 2.72. The largest absolute Gasteiger partial charge is 0.411 e. The summed E-state index contributed by atoms with van der Waals surface area (Å²) in [7, 11) is 0. The van der Waals surface area contributed by atoms with Crippen LogP contribution in [0.1, 0.15) is 23.4 Å². The second kappa shape index (κ2) is 5.90. The summed E-state index contributed by atoms with van der Waals surface area (Å²) in [6.45, 7) is 0.352. The van der Waals surface area contributed by atoms with E-state index in [2.05, 4.69) is 26.2 Å². The fourth-order valence-electron chi connectivity index (χ4n) is 3.18. The van der Waals surface area contributed by atoms with Crippen LogP contribution in [-0.2, 0) is 13.0 Å². The second-order valence-electron chi connectivity index (χ2n) is 5.77. The maximum Gasteiger partial charge on any atom is 0.121 e. The molecule has 2 aromatic heterocycles. The lowest BCUT2D eigenvalue weighted by molar-refractivity contribution is 0.318. The van der Waals surface area contributed by atoms with E-state index in [1.807, 2.05) is 24.3 Å². The lowest BCUT2D eigenvalue weighted by Crippen LogP contribution is -1.98. The van der Waals surface area contributed by atoms with Crippen LogP contribution in [0.2, 0.25) is 0 Å². The molecule has 2 heterocycles. The van der Waals surface area contributed by atoms with Crippen LogP contribution in [0.25, 0.3) is 22.5 Å². The molecule has 24 heavy (non-hydrogen) atoms. The molecule has 3 aromatic rings. The van der Waals surface area contributed by atoms with Crippen molar-refractivity contribution in [3.8, 4) is 22.5 Å². The Labute approximate surface area is 139 Å². The minimum Gasteiger partial charge on any atom is -0.411 e. The first-order valence-electron chi connectivity index (χ1n) is 7.84. The average Bonchev–Trinajstić information content (AvgIpc) is 3.25. The zero-order valence-electron chi connectivity index (χ0n) is 13.0. The summed E-state index contributed by atoms with van der Waals surface area (Å²) >= 11 is 0. The standard InChI is InChI=1S/C18H17N5O/c19-10-16-21-17(11-5-7-20-8-6-11)18(22-16)13-1-3-14-12(9-13)2-4-15(14)23-24/h1,3,5-9,24H,2,4,10,19H2,(H,21,22). The number of aromatic nitrogens is 3. The molecule has 4 rings (SSSR count). The zero-order valence-corrected chi connectivity index (χ0v) is 13.0. The number of oxime groups is 1. The number of aryl methyl sites for hydroxylation is 1. The molecule has 0 saturated carbocycles. The molecule has 0 saturated heterocycles. The van der Waals surface area contributed by atoms with Gasteiger partial charge in [-0.25, -0.2) is 4.98 Å². The van der Waals surface area contributed by atoms with Crippen LogP contribution >= 0.6 is 0 Å². The monoisotopic (exact) mass is 319 g/mol. The number of hydrogen-bond acceptors (Lipinski definition) is 5. The molecular weight excluding hydrogens is 302 g/mol. The van der Waals surface area contributed by atoms with Gasteiger partial charge in [0, 0.05) is 29.1 Å². The van der Waals surface area contributed by atoms with Crippen molar-refractivity contribution < 1.29 is 5.21 Å². The minimum absolute atomic E-state index is 0.352. The molecule has 0 aliphatic heterocycles. The van der Waals surface area contributed by atoms with Crippen LogP contribution in [0.3, 0.4) is 0 Å². The Balaban J connectivity index is 1.84. The summed E-state index contributed by atoms with van der Waals surface area (Å²) in [4.78, 5) is 12.0. The van der Waals surface area contributed by atoms with E-state index in [9.17, 15) is 0 Å². The summed E-state index contributed by atoms with van der Waals surface area (Å²) in [6.07, 6.45) is 5.16. The number of aromatic amines is 1. The van der Waals surface area contributed by atoms with Crippen molar-refractivity contribution in [2.24, 2.45) is 10.9 Å². The Hall–Kier alpha value is -2.99. The van der Waals surface area contributed by atoms with Crippen LogP contribution in [0.4, 0.5) is 0 Å². The highest BCUT2D eigenvalue weighted by molar-refractivity contribution is 6.04. The normalized spacial score (nSPS) is 15.0. The van der Waals surface area contributed by atoms with Crippen LogP contribution in [0.15, 0.2) is 47.9 Å². The number of imidazole rings is 1. The van der Waals surface area contributed by atoms with Gasteiger partial charge < -0.3 is 15.9 Å². The van der Waals surface area contributed by atoms with E-state index in [0.29, 0.717) is 6.54 Å². The van der Waals surface area contributed by atoms with Gasteiger partial charge in [0.05, 0.1) is 23.6 Å². The summed E-state index contributed by atoms with van der Waals surface area (Å²) in [5.41, 5.74) is 12.6. The zero-order chi connectivity index (χ0) is 16.5. The molecule has 1 aliphatic carbocycles. The highest BCUT2D eigenvalue weighted by Crippen LogP contribution is 2.33. The van der Waals surface area contributed by atoms with Gasteiger partial charge >= 0.3 is 0 Å². The summed E-state index contributed by atoms with van der Waals surface area (Å²) in [5, 5.41) is 12.5. The molecule has 120 valence electrons. The molecule has 1 aliphatic rings. The van der Waals surface area contributed by atoms with Gasteiger partial charge in [0.1, 0.15) is 5.82 Å². The summed E-state index contributed by atoms with van der Waals surface area (Å²) < 4.78 is 0. The van der Waals surface area contributed by atoms with Crippen LogP contribution < -0.4 is 5.73 Å². The lowest BCUT2D eigenvalue weighted by atomic mass is 10.0. The molecule has 0 unspecified atom stereocenters. The fourth-order valence-corrected chi connectivity index (χ4v) is 3.18. The number of hydrogen-bond donors (Lipinski definition) is 3.